The van der Waals surface area contributed by atoms with Crippen molar-refractivity contribution in [3.05, 3.63) is 61.2 Å². The van der Waals surface area contributed by atoms with E-state index >= 15 is 0 Å². The van der Waals surface area contributed by atoms with E-state index < -0.39 is 0 Å². The number of hydrogen-bond acceptors (Lipinski definition) is 4. The summed E-state index contributed by atoms with van der Waals surface area (Å²) in [5.41, 5.74) is 6.69. The van der Waals surface area contributed by atoms with Crippen LogP contribution in [0.25, 0.3) is 33.3 Å². The number of benzene rings is 1. The predicted octanol–water partition coefficient (Wildman–Crippen LogP) is 3.81. The van der Waals surface area contributed by atoms with Gasteiger partial charge in [-0.2, -0.15) is 5.10 Å². The number of hydrogen-bond donors (Lipinski definition) is 1. The second-order valence-electron chi connectivity index (χ2n) is 6.64. The van der Waals surface area contributed by atoms with Crippen LogP contribution in [0.4, 0.5) is 5.69 Å². The molecule has 3 aromatic heterocycles. The van der Waals surface area contributed by atoms with Gasteiger partial charge in [-0.3, -0.25) is 19.9 Å². The fourth-order valence-corrected chi connectivity index (χ4v) is 3.58. The van der Waals surface area contributed by atoms with E-state index in [0.717, 1.165) is 51.9 Å². The maximum Gasteiger partial charge on any atom is 0.227 e. The van der Waals surface area contributed by atoms with Crippen molar-refractivity contribution in [2.75, 3.05) is 11.4 Å². The van der Waals surface area contributed by atoms with Gasteiger partial charge in [-0.1, -0.05) is 12.1 Å². The van der Waals surface area contributed by atoms with Crippen molar-refractivity contribution >= 4 is 22.6 Å². The Morgan fingerprint density at radius 1 is 1.00 bits per heavy atom. The van der Waals surface area contributed by atoms with Crippen LogP contribution in [0, 0.1) is 0 Å². The lowest BCUT2D eigenvalue weighted by Gasteiger charge is -2.16. The summed E-state index contributed by atoms with van der Waals surface area (Å²) in [5, 5.41) is 7.17. The molecule has 1 amide bonds. The van der Waals surface area contributed by atoms with Gasteiger partial charge in [0.25, 0.3) is 0 Å². The molecule has 0 atom stereocenters. The summed E-state index contributed by atoms with van der Waals surface area (Å²) < 4.78 is 0. The number of nitrogens with zero attached hydrogens (tertiary/aromatic N) is 4. The molecular weight excluding hydrogens is 338 g/mol. The van der Waals surface area contributed by atoms with Gasteiger partial charge in [-0.15, -0.1) is 0 Å². The van der Waals surface area contributed by atoms with Gasteiger partial charge in [0.1, 0.15) is 11.0 Å². The van der Waals surface area contributed by atoms with Crippen LogP contribution in [0.15, 0.2) is 61.2 Å². The third-order valence-corrected chi connectivity index (χ3v) is 4.97. The molecule has 6 nitrogen and oxygen atoms in total. The number of rotatable bonds is 3. The Labute approximate surface area is 155 Å². The van der Waals surface area contributed by atoms with Gasteiger partial charge >= 0.3 is 0 Å². The van der Waals surface area contributed by atoms with Crippen LogP contribution in [0.2, 0.25) is 0 Å². The number of nitrogens with one attached hydrogen (secondary N) is 1. The maximum absolute atomic E-state index is 11.9. The average molecular weight is 355 g/mol. The Balaban J connectivity index is 1.50. The Morgan fingerprint density at radius 2 is 1.85 bits per heavy atom. The molecule has 132 valence electrons. The third kappa shape index (κ3) is 2.75. The largest absolute Gasteiger partial charge is 0.312 e. The first-order valence-electron chi connectivity index (χ1n) is 8.94. The van der Waals surface area contributed by atoms with Crippen LogP contribution in [0.3, 0.4) is 0 Å². The van der Waals surface area contributed by atoms with Crippen LogP contribution >= 0.6 is 0 Å². The van der Waals surface area contributed by atoms with Crippen molar-refractivity contribution in [1.29, 1.82) is 0 Å². The second-order valence-corrected chi connectivity index (χ2v) is 6.64. The molecule has 0 saturated carbocycles. The summed E-state index contributed by atoms with van der Waals surface area (Å²) in [6.45, 7) is 0.803. The monoisotopic (exact) mass is 355 g/mol. The number of fused-ring (bicyclic) bond motifs is 1. The van der Waals surface area contributed by atoms with Crippen molar-refractivity contribution in [3.8, 4) is 22.3 Å². The zero-order valence-electron chi connectivity index (χ0n) is 14.6. The zero-order chi connectivity index (χ0) is 18.2. The molecule has 4 heterocycles. The fourth-order valence-electron chi connectivity index (χ4n) is 3.58. The molecule has 0 bridgehead atoms. The molecule has 1 aliphatic heterocycles. The Morgan fingerprint density at radius 3 is 2.67 bits per heavy atom. The Bertz CT molecular complexity index is 1130. The van der Waals surface area contributed by atoms with Crippen LogP contribution in [-0.2, 0) is 4.79 Å². The maximum atomic E-state index is 11.9. The number of aromatic amines is 1. The van der Waals surface area contributed by atoms with Gasteiger partial charge in [0.15, 0.2) is 0 Å². The second kappa shape index (κ2) is 6.32. The first-order chi connectivity index (χ1) is 13.3. The van der Waals surface area contributed by atoms with E-state index in [1.54, 1.807) is 12.4 Å². The number of anilines is 1. The number of carbonyl (C=O) groups excluding carboxylic acids is 1. The third-order valence-electron chi connectivity index (χ3n) is 4.97. The summed E-state index contributed by atoms with van der Waals surface area (Å²) >= 11 is 0. The summed E-state index contributed by atoms with van der Waals surface area (Å²) in [6, 6.07) is 12.1. The molecule has 5 rings (SSSR count). The minimum Gasteiger partial charge on any atom is -0.312 e. The predicted molar refractivity (Wildman–Crippen MR) is 104 cm³/mol. The summed E-state index contributed by atoms with van der Waals surface area (Å²) in [7, 11) is 0. The number of carbonyl (C=O) groups is 1. The topological polar surface area (TPSA) is 74.8 Å². The van der Waals surface area contributed by atoms with E-state index in [9.17, 15) is 4.79 Å². The SMILES string of the molecule is O=C1CCCN1c1ccc(-c2cncc(-c3ccnc4c[nH]nc34)c2)cc1. The van der Waals surface area contributed by atoms with Crippen LogP contribution in [0.1, 0.15) is 12.8 Å². The summed E-state index contributed by atoms with van der Waals surface area (Å²) in [4.78, 5) is 22.5. The van der Waals surface area contributed by atoms with Crippen LogP contribution in [0.5, 0.6) is 0 Å². The Kier molecular flexibility index (Phi) is 3.67. The van der Waals surface area contributed by atoms with E-state index in [2.05, 4.69) is 26.2 Å². The van der Waals surface area contributed by atoms with Crippen molar-refractivity contribution < 1.29 is 4.79 Å². The quantitative estimate of drug-likeness (QED) is 0.606. The minimum absolute atomic E-state index is 0.201. The lowest BCUT2D eigenvalue weighted by atomic mass is 10.0. The van der Waals surface area contributed by atoms with Gasteiger partial charge in [0.2, 0.25) is 5.91 Å². The molecular formula is C21H17N5O. The number of pyridine rings is 2. The van der Waals surface area contributed by atoms with Gasteiger partial charge in [-0.05, 0) is 36.2 Å². The molecule has 1 N–H and O–H groups in total. The van der Waals surface area contributed by atoms with Crippen molar-refractivity contribution in [2.45, 2.75) is 12.8 Å². The first kappa shape index (κ1) is 15.7. The van der Waals surface area contributed by atoms with Gasteiger partial charge in [-0.25, -0.2) is 0 Å². The fraction of sp³-hybridized carbons (Fsp3) is 0.143. The number of H-pyrrole nitrogens is 1. The highest BCUT2D eigenvalue weighted by molar-refractivity contribution is 5.95. The molecule has 6 heteroatoms. The number of amides is 1. The normalized spacial score (nSPS) is 14.2. The van der Waals surface area contributed by atoms with Crippen molar-refractivity contribution in [1.82, 2.24) is 20.2 Å². The summed E-state index contributed by atoms with van der Waals surface area (Å²) in [6.07, 6.45) is 8.82. The number of aromatic nitrogens is 4. The van der Waals surface area contributed by atoms with E-state index in [1.165, 1.54) is 0 Å². The molecule has 0 spiro atoms. The van der Waals surface area contributed by atoms with Crippen LogP contribution in [-0.4, -0.2) is 32.6 Å². The van der Waals surface area contributed by atoms with Gasteiger partial charge in [0, 0.05) is 60.1 Å². The van der Waals surface area contributed by atoms with Gasteiger partial charge < -0.3 is 4.90 Å². The smallest absolute Gasteiger partial charge is 0.227 e. The minimum atomic E-state index is 0.201. The molecule has 1 fully saturated rings. The van der Waals surface area contributed by atoms with E-state index in [1.807, 2.05) is 47.6 Å². The first-order valence-corrected chi connectivity index (χ1v) is 8.94. The lowest BCUT2D eigenvalue weighted by molar-refractivity contribution is -0.117. The van der Waals surface area contributed by atoms with E-state index in [-0.39, 0.29) is 5.91 Å². The lowest BCUT2D eigenvalue weighted by Crippen LogP contribution is -2.23. The zero-order valence-corrected chi connectivity index (χ0v) is 14.6. The van der Waals surface area contributed by atoms with Crippen molar-refractivity contribution in [3.63, 3.8) is 0 Å². The highest BCUT2D eigenvalue weighted by atomic mass is 16.2. The van der Waals surface area contributed by atoms with E-state index in [0.29, 0.717) is 6.42 Å². The highest BCUT2D eigenvalue weighted by Crippen LogP contribution is 2.30. The molecule has 1 aromatic carbocycles. The molecule has 0 radical (unpaired) electrons. The van der Waals surface area contributed by atoms with Crippen molar-refractivity contribution in [2.24, 2.45) is 0 Å². The van der Waals surface area contributed by atoms with E-state index in [4.69, 9.17) is 0 Å². The average Bonchev–Trinajstić information content (AvgIpc) is 3.37. The Hall–Kier alpha value is -3.54. The molecule has 0 unspecified atom stereocenters. The standard InChI is InChI=1S/C21H17N5O/c27-20-2-1-9-26(20)17-5-3-14(4-6-17)15-10-16(12-22-11-15)18-7-8-23-19-13-24-25-21(18)19/h3-8,10-13H,1-2,9H2,(H,24,25). The van der Waals surface area contributed by atoms with Crippen LogP contribution < -0.4 is 4.90 Å². The molecule has 0 aliphatic carbocycles. The highest BCUT2D eigenvalue weighted by Gasteiger charge is 2.21. The molecule has 4 aromatic rings. The van der Waals surface area contributed by atoms with Gasteiger partial charge in [0.05, 0.1) is 0 Å². The molecule has 27 heavy (non-hydrogen) atoms. The molecule has 1 saturated heterocycles. The molecule has 1 aliphatic rings. The summed E-state index contributed by atoms with van der Waals surface area (Å²) in [5.74, 6) is 0.201.